The number of hydrogen-bond donors (Lipinski definition) is 0. The molecule has 0 spiro atoms. The van der Waals surface area contributed by atoms with Crippen LogP contribution in [-0.4, -0.2) is 6.26 Å². The summed E-state index contributed by atoms with van der Waals surface area (Å²) in [6, 6.07) is 0. The second-order valence-corrected chi connectivity index (χ2v) is 4.06. The van der Waals surface area contributed by atoms with Crippen LogP contribution in [0.15, 0.2) is 22.6 Å². The minimum Gasteiger partial charge on any atom is -0.134 e. The largest absolute Gasteiger partial charge is 0.134 e. The van der Waals surface area contributed by atoms with Crippen molar-refractivity contribution in [2.45, 2.75) is 26.7 Å². The van der Waals surface area contributed by atoms with Crippen LogP contribution in [0.25, 0.3) is 0 Å². The molecule has 1 rings (SSSR count). The van der Waals surface area contributed by atoms with Crippen molar-refractivity contribution < 1.29 is 0 Å². The first-order valence-corrected chi connectivity index (χ1v) is 5.38. The van der Waals surface area contributed by atoms with Gasteiger partial charge in [0.05, 0.1) is 0 Å². The average molecular weight is 168 g/mol. The van der Waals surface area contributed by atoms with Crippen LogP contribution in [0.1, 0.15) is 26.7 Å². The summed E-state index contributed by atoms with van der Waals surface area (Å²) in [6.07, 6.45) is 9.27. The zero-order valence-electron chi connectivity index (χ0n) is 7.55. The molecule has 0 aromatic heterocycles. The molecule has 1 unspecified atom stereocenters. The SMILES string of the molecule is CSC(C)=C1CCC=CC1C. The third-order valence-electron chi connectivity index (χ3n) is 2.31. The first-order chi connectivity index (χ1) is 5.25. The fraction of sp³-hybridized carbons (Fsp3) is 0.600. The average Bonchev–Trinajstić information content (AvgIpc) is 2.04. The van der Waals surface area contributed by atoms with Crippen LogP contribution >= 0.6 is 11.8 Å². The molecule has 0 nitrogen and oxygen atoms in total. The maximum atomic E-state index is 2.32. The second kappa shape index (κ2) is 4.01. The topological polar surface area (TPSA) is 0 Å². The van der Waals surface area contributed by atoms with Crippen molar-refractivity contribution in [2.24, 2.45) is 5.92 Å². The highest BCUT2D eigenvalue weighted by Gasteiger charge is 2.11. The van der Waals surface area contributed by atoms with E-state index in [0.29, 0.717) is 5.92 Å². The summed E-state index contributed by atoms with van der Waals surface area (Å²) in [5, 5.41) is 0. The predicted molar refractivity (Wildman–Crippen MR) is 53.8 cm³/mol. The lowest BCUT2D eigenvalue weighted by Crippen LogP contribution is -2.01. The van der Waals surface area contributed by atoms with Gasteiger partial charge < -0.3 is 0 Å². The van der Waals surface area contributed by atoms with E-state index in [2.05, 4.69) is 32.3 Å². The molecule has 0 aliphatic heterocycles. The highest BCUT2D eigenvalue weighted by atomic mass is 32.2. The summed E-state index contributed by atoms with van der Waals surface area (Å²) < 4.78 is 0. The van der Waals surface area contributed by atoms with Gasteiger partial charge in [0.2, 0.25) is 0 Å². The van der Waals surface area contributed by atoms with E-state index in [4.69, 9.17) is 0 Å². The maximum absolute atomic E-state index is 2.32. The molecule has 0 saturated heterocycles. The number of rotatable bonds is 1. The highest BCUT2D eigenvalue weighted by Crippen LogP contribution is 2.30. The van der Waals surface area contributed by atoms with Crippen LogP contribution in [0.5, 0.6) is 0 Å². The van der Waals surface area contributed by atoms with Gasteiger partial charge in [-0.1, -0.05) is 24.6 Å². The molecule has 1 heteroatoms. The first kappa shape index (κ1) is 8.92. The van der Waals surface area contributed by atoms with Gasteiger partial charge in [-0.05, 0) is 36.8 Å². The summed E-state index contributed by atoms with van der Waals surface area (Å²) >= 11 is 1.88. The van der Waals surface area contributed by atoms with Gasteiger partial charge in [0.15, 0.2) is 0 Å². The van der Waals surface area contributed by atoms with Crippen molar-refractivity contribution in [3.63, 3.8) is 0 Å². The molecule has 0 amide bonds. The molecular formula is C10H16S. The smallest absolute Gasteiger partial charge is 0.00407 e. The fourth-order valence-corrected chi connectivity index (χ4v) is 2.06. The summed E-state index contributed by atoms with van der Waals surface area (Å²) in [4.78, 5) is 1.52. The van der Waals surface area contributed by atoms with Crippen LogP contribution in [0.2, 0.25) is 0 Å². The molecule has 0 heterocycles. The summed E-state index contributed by atoms with van der Waals surface area (Å²) in [5.74, 6) is 0.677. The lowest BCUT2D eigenvalue weighted by atomic mass is 9.91. The lowest BCUT2D eigenvalue weighted by Gasteiger charge is -2.18. The van der Waals surface area contributed by atoms with E-state index in [-0.39, 0.29) is 0 Å². The molecule has 1 aliphatic carbocycles. The van der Waals surface area contributed by atoms with Crippen molar-refractivity contribution in [1.29, 1.82) is 0 Å². The van der Waals surface area contributed by atoms with Crippen LogP contribution in [0.3, 0.4) is 0 Å². The summed E-state index contributed by atoms with van der Waals surface area (Å²) in [5.41, 5.74) is 1.64. The van der Waals surface area contributed by atoms with Gasteiger partial charge in [0.25, 0.3) is 0 Å². The second-order valence-electron chi connectivity index (χ2n) is 3.04. The molecular weight excluding hydrogens is 152 g/mol. The summed E-state index contributed by atoms with van der Waals surface area (Å²) in [6.45, 7) is 4.51. The molecule has 1 atom stereocenters. The fourth-order valence-electron chi connectivity index (χ4n) is 1.51. The molecule has 0 aromatic rings. The molecule has 0 bridgehead atoms. The minimum atomic E-state index is 0.677. The zero-order valence-corrected chi connectivity index (χ0v) is 8.37. The van der Waals surface area contributed by atoms with E-state index in [0.717, 1.165) is 0 Å². The predicted octanol–water partition coefficient (Wildman–Crippen LogP) is 3.61. The van der Waals surface area contributed by atoms with E-state index in [1.807, 2.05) is 11.8 Å². The monoisotopic (exact) mass is 168 g/mol. The number of hydrogen-bond acceptors (Lipinski definition) is 1. The third kappa shape index (κ3) is 2.13. The molecule has 0 fully saturated rings. The minimum absolute atomic E-state index is 0.677. The van der Waals surface area contributed by atoms with Crippen molar-refractivity contribution in [2.75, 3.05) is 6.26 Å². The molecule has 62 valence electrons. The van der Waals surface area contributed by atoms with Crippen molar-refractivity contribution >= 4 is 11.8 Å². The van der Waals surface area contributed by atoms with Gasteiger partial charge in [-0.25, -0.2) is 0 Å². The Labute approximate surface area is 73.8 Å². The maximum Gasteiger partial charge on any atom is -0.00407 e. The Morgan fingerprint density at radius 3 is 2.91 bits per heavy atom. The van der Waals surface area contributed by atoms with Crippen molar-refractivity contribution in [1.82, 2.24) is 0 Å². The van der Waals surface area contributed by atoms with Gasteiger partial charge in [0, 0.05) is 0 Å². The normalized spacial score (nSPS) is 28.8. The Morgan fingerprint density at radius 2 is 2.36 bits per heavy atom. The molecule has 1 aliphatic rings. The van der Waals surface area contributed by atoms with Gasteiger partial charge in [-0.2, -0.15) is 0 Å². The molecule has 0 radical (unpaired) electrons. The van der Waals surface area contributed by atoms with Gasteiger partial charge >= 0.3 is 0 Å². The molecule has 0 N–H and O–H groups in total. The van der Waals surface area contributed by atoms with E-state index in [9.17, 15) is 0 Å². The van der Waals surface area contributed by atoms with Crippen molar-refractivity contribution in [3.8, 4) is 0 Å². The quantitative estimate of drug-likeness (QED) is 0.539. The number of allylic oxidation sites excluding steroid dienone is 4. The van der Waals surface area contributed by atoms with E-state index in [1.165, 1.54) is 17.7 Å². The first-order valence-electron chi connectivity index (χ1n) is 4.16. The Bertz CT molecular complexity index is 189. The molecule has 0 saturated carbocycles. The van der Waals surface area contributed by atoms with Crippen molar-refractivity contribution in [3.05, 3.63) is 22.6 Å². The molecule has 11 heavy (non-hydrogen) atoms. The van der Waals surface area contributed by atoms with Crippen LogP contribution in [0.4, 0.5) is 0 Å². The van der Waals surface area contributed by atoms with Crippen LogP contribution in [0, 0.1) is 5.92 Å². The van der Waals surface area contributed by atoms with E-state index < -0.39 is 0 Å². The van der Waals surface area contributed by atoms with Crippen LogP contribution < -0.4 is 0 Å². The van der Waals surface area contributed by atoms with E-state index >= 15 is 0 Å². The standard InChI is InChI=1S/C10H16S/c1-8-6-4-5-7-10(8)9(2)11-3/h4,6,8H,5,7H2,1-3H3. The Balaban J connectivity index is 2.79. The van der Waals surface area contributed by atoms with Crippen LogP contribution in [-0.2, 0) is 0 Å². The Hall–Kier alpha value is -0.170. The zero-order chi connectivity index (χ0) is 8.27. The summed E-state index contributed by atoms with van der Waals surface area (Å²) in [7, 11) is 0. The third-order valence-corrected chi connectivity index (χ3v) is 3.19. The van der Waals surface area contributed by atoms with Gasteiger partial charge in [0.1, 0.15) is 0 Å². The molecule has 0 aromatic carbocycles. The Morgan fingerprint density at radius 1 is 1.64 bits per heavy atom. The lowest BCUT2D eigenvalue weighted by molar-refractivity contribution is 0.740. The number of thioether (sulfide) groups is 1. The Kier molecular flexibility index (Phi) is 3.25. The van der Waals surface area contributed by atoms with Gasteiger partial charge in [-0.15, -0.1) is 11.8 Å². The van der Waals surface area contributed by atoms with Gasteiger partial charge in [-0.3, -0.25) is 0 Å². The highest BCUT2D eigenvalue weighted by molar-refractivity contribution is 8.02. The van der Waals surface area contributed by atoms with E-state index in [1.54, 1.807) is 5.57 Å².